The Morgan fingerprint density at radius 1 is 1.00 bits per heavy atom. The Labute approximate surface area is 200 Å². The third kappa shape index (κ3) is 6.09. The summed E-state index contributed by atoms with van der Waals surface area (Å²) in [6.45, 7) is 9.48. The molecule has 1 amide bonds. The molecule has 2 aromatic carbocycles. The van der Waals surface area contributed by atoms with Crippen molar-refractivity contribution in [1.29, 1.82) is 0 Å². The number of halogens is 2. The van der Waals surface area contributed by atoms with Crippen LogP contribution in [0, 0.1) is 6.92 Å². The lowest BCUT2D eigenvalue weighted by Crippen LogP contribution is -2.48. The molecule has 2 aromatic rings. The van der Waals surface area contributed by atoms with E-state index < -0.39 is 22.0 Å². The van der Waals surface area contributed by atoms with Crippen molar-refractivity contribution in [2.75, 3.05) is 17.7 Å². The van der Waals surface area contributed by atoms with Gasteiger partial charge in [0.2, 0.25) is 15.9 Å². The standard InChI is InChI=1S/C23H30Cl2N2O4S/c1-13(2)20-12-21(14(3)8-22(20)31-6)15(4)26-23(28)16(5)27(32(7,29)30)19-10-17(24)9-18(25)11-19/h8-13,15-16H,1-7H3,(H,26,28)/t15-,16-/m1/s1. The van der Waals surface area contributed by atoms with E-state index in [0.29, 0.717) is 0 Å². The average molecular weight is 501 g/mol. The summed E-state index contributed by atoms with van der Waals surface area (Å²) in [6.07, 6.45) is 1.04. The van der Waals surface area contributed by atoms with Gasteiger partial charge in [-0.3, -0.25) is 9.10 Å². The highest BCUT2D eigenvalue weighted by molar-refractivity contribution is 7.92. The number of ether oxygens (including phenoxy) is 1. The summed E-state index contributed by atoms with van der Waals surface area (Å²) in [7, 11) is -2.16. The van der Waals surface area contributed by atoms with Crippen LogP contribution in [0.2, 0.25) is 10.0 Å². The average Bonchev–Trinajstić information content (AvgIpc) is 2.65. The zero-order valence-electron chi connectivity index (χ0n) is 19.4. The van der Waals surface area contributed by atoms with Crippen molar-refractivity contribution in [2.24, 2.45) is 0 Å². The van der Waals surface area contributed by atoms with Gasteiger partial charge in [-0.25, -0.2) is 8.42 Å². The molecule has 0 aliphatic carbocycles. The highest BCUT2D eigenvalue weighted by Crippen LogP contribution is 2.33. The van der Waals surface area contributed by atoms with Crippen LogP contribution in [-0.2, 0) is 14.8 Å². The van der Waals surface area contributed by atoms with Crippen molar-refractivity contribution in [2.45, 2.75) is 52.6 Å². The molecule has 1 N–H and O–H groups in total. The Morgan fingerprint density at radius 3 is 2.03 bits per heavy atom. The lowest BCUT2D eigenvalue weighted by atomic mass is 9.93. The Morgan fingerprint density at radius 2 is 1.56 bits per heavy atom. The summed E-state index contributed by atoms with van der Waals surface area (Å²) in [5, 5.41) is 3.49. The van der Waals surface area contributed by atoms with Crippen LogP contribution in [0.4, 0.5) is 5.69 Å². The number of carbonyl (C=O) groups is 1. The van der Waals surface area contributed by atoms with E-state index >= 15 is 0 Å². The molecule has 32 heavy (non-hydrogen) atoms. The van der Waals surface area contributed by atoms with Crippen molar-refractivity contribution in [3.8, 4) is 5.75 Å². The van der Waals surface area contributed by atoms with E-state index in [9.17, 15) is 13.2 Å². The Bertz CT molecular complexity index is 1080. The summed E-state index contributed by atoms with van der Waals surface area (Å²) in [5.74, 6) is 0.592. The Balaban J connectivity index is 2.37. The van der Waals surface area contributed by atoms with Crippen LogP contribution < -0.4 is 14.4 Å². The van der Waals surface area contributed by atoms with Crippen LogP contribution in [0.3, 0.4) is 0 Å². The first-order valence-corrected chi connectivity index (χ1v) is 12.8. The summed E-state index contributed by atoms with van der Waals surface area (Å²) in [4.78, 5) is 13.1. The van der Waals surface area contributed by atoms with E-state index in [4.69, 9.17) is 27.9 Å². The van der Waals surface area contributed by atoms with Gasteiger partial charge in [0.1, 0.15) is 11.8 Å². The summed E-state index contributed by atoms with van der Waals surface area (Å²) >= 11 is 12.1. The van der Waals surface area contributed by atoms with E-state index in [1.165, 1.54) is 25.1 Å². The highest BCUT2D eigenvalue weighted by Gasteiger charge is 2.30. The monoisotopic (exact) mass is 500 g/mol. The molecule has 0 aliphatic rings. The number of benzene rings is 2. The molecular formula is C23H30Cl2N2O4S. The maximum Gasteiger partial charge on any atom is 0.244 e. The lowest BCUT2D eigenvalue weighted by molar-refractivity contribution is -0.122. The fourth-order valence-electron chi connectivity index (χ4n) is 3.70. The normalized spacial score (nSPS) is 13.6. The smallest absolute Gasteiger partial charge is 0.244 e. The fourth-order valence-corrected chi connectivity index (χ4v) is 5.37. The molecule has 0 fully saturated rings. The summed E-state index contributed by atoms with van der Waals surface area (Å²) in [6, 6.07) is 7.03. The molecule has 0 bridgehead atoms. The van der Waals surface area contributed by atoms with Crippen molar-refractivity contribution in [3.05, 3.63) is 57.1 Å². The van der Waals surface area contributed by atoms with Crippen molar-refractivity contribution in [1.82, 2.24) is 5.32 Å². The van der Waals surface area contributed by atoms with Crippen LogP contribution >= 0.6 is 23.2 Å². The van der Waals surface area contributed by atoms with Crippen LogP contribution in [0.25, 0.3) is 0 Å². The Hall–Kier alpha value is -1.96. The predicted octanol–water partition coefficient (Wildman–Crippen LogP) is 5.47. The maximum absolute atomic E-state index is 13.1. The largest absolute Gasteiger partial charge is 0.496 e. The summed E-state index contributed by atoms with van der Waals surface area (Å²) < 4.78 is 31.6. The molecule has 0 saturated heterocycles. The SMILES string of the molecule is COc1cc(C)c([C@@H](C)NC(=O)[C@@H](C)N(c2cc(Cl)cc(Cl)c2)S(C)(=O)=O)cc1C(C)C. The highest BCUT2D eigenvalue weighted by atomic mass is 35.5. The number of anilines is 1. The zero-order valence-corrected chi connectivity index (χ0v) is 21.7. The topological polar surface area (TPSA) is 75.7 Å². The number of aryl methyl sites for hydroxylation is 1. The first kappa shape index (κ1) is 26.3. The Kier molecular flexibility index (Phi) is 8.48. The van der Waals surface area contributed by atoms with Crippen LogP contribution in [0.15, 0.2) is 30.3 Å². The van der Waals surface area contributed by atoms with E-state index in [1.807, 2.05) is 26.0 Å². The maximum atomic E-state index is 13.1. The molecule has 9 heteroatoms. The van der Waals surface area contributed by atoms with Gasteiger partial charge in [0.05, 0.1) is 25.1 Å². The van der Waals surface area contributed by atoms with Crippen molar-refractivity contribution >= 4 is 44.8 Å². The van der Waals surface area contributed by atoms with Gasteiger partial charge in [-0.1, -0.05) is 37.0 Å². The van der Waals surface area contributed by atoms with Gasteiger partial charge < -0.3 is 10.1 Å². The molecular weight excluding hydrogens is 471 g/mol. The number of nitrogens with zero attached hydrogens (tertiary/aromatic N) is 1. The third-order valence-corrected chi connectivity index (χ3v) is 6.93. The molecule has 0 spiro atoms. The van der Waals surface area contributed by atoms with Gasteiger partial charge in [-0.2, -0.15) is 0 Å². The first-order chi connectivity index (χ1) is 14.8. The minimum atomic E-state index is -3.79. The molecule has 6 nitrogen and oxygen atoms in total. The zero-order chi connectivity index (χ0) is 24.4. The minimum absolute atomic E-state index is 0.225. The number of carbonyl (C=O) groups excluding carboxylic acids is 1. The molecule has 0 radical (unpaired) electrons. The van der Waals surface area contributed by atoms with Crippen molar-refractivity contribution < 1.29 is 17.9 Å². The van der Waals surface area contributed by atoms with Gasteiger partial charge in [-0.15, -0.1) is 0 Å². The number of rotatable bonds is 8. The third-order valence-electron chi connectivity index (χ3n) is 5.26. The van der Waals surface area contributed by atoms with Crippen molar-refractivity contribution in [3.63, 3.8) is 0 Å². The number of hydrogen-bond donors (Lipinski definition) is 1. The molecule has 0 aromatic heterocycles. The quantitative estimate of drug-likeness (QED) is 0.521. The van der Waals surface area contributed by atoms with E-state index in [-0.39, 0.29) is 27.7 Å². The number of hydrogen-bond acceptors (Lipinski definition) is 4. The van der Waals surface area contributed by atoms with Gasteiger partial charge in [0.25, 0.3) is 0 Å². The molecule has 0 unspecified atom stereocenters. The second kappa shape index (κ2) is 10.3. The number of amides is 1. The van der Waals surface area contributed by atoms with Gasteiger partial charge in [-0.05, 0) is 73.7 Å². The van der Waals surface area contributed by atoms with Crippen LogP contribution in [0.1, 0.15) is 56.3 Å². The second-order valence-corrected chi connectivity index (χ2v) is 10.9. The molecule has 2 atom stereocenters. The van der Waals surface area contributed by atoms with E-state index in [2.05, 4.69) is 19.2 Å². The molecule has 176 valence electrons. The minimum Gasteiger partial charge on any atom is -0.496 e. The molecule has 0 heterocycles. The van der Waals surface area contributed by atoms with Gasteiger partial charge in [0, 0.05) is 10.0 Å². The molecule has 0 saturated carbocycles. The molecule has 0 aliphatic heterocycles. The number of sulfonamides is 1. The predicted molar refractivity (Wildman–Crippen MR) is 132 cm³/mol. The number of methoxy groups -OCH3 is 1. The first-order valence-electron chi connectivity index (χ1n) is 10.2. The second-order valence-electron chi connectivity index (χ2n) is 8.20. The van der Waals surface area contributed by atoms with Crippen LogP contribution in [-0.4, -0.2) is 33.7 Å². The van der Waals surface area contributed by atoms with Gasteiger partial charge >= 0.3 is 0 Å². The van der Waals surface area contributed by atoms with Crippen LogP contribution in [0.5, 0.6) is 5.75 Å². The molecule has 2 rings (SSSR count). The van der Waals surface area contributed by atoms with Gasteiger partial charge in [0.15, 0.2) is 0 Å². The summed E-state index contributed by atoms with van der Waals surface area (Å²) in [5.41, 5.74) is 3.16. The lowest BCUT2D eigenvalue weighted by Gasteiger charge is -2.30. The fraction of sp³-hybridized carbons (Fsp3) is 0.435. The van der Waals surface area contributed by atoms with E-state index in [0.717, 1.165) is 33.0 Å². The van der Waals surface area contributed by atoms with E-state index in [1.54, 1.807) is 7.11 Å². The number of nitrogens with one attached hydrogen (secondary N) is 1.